The van der Waals surface area contributed by atoms with Gasteiger partial charge in [-0.2, -0.15) is 0 Å². The molecular weight excluding hydrogens is 382 g/mol. The maximum absolute atomic E-state index is 12.6. The number of carbonyl (C=O) groups is 2. The fraction of sp³-hybridized carbons (Fsp3) is 0.450. The number of thiazole rings is 1. The fourth-order valence-corrected chi connectivity index (χ4v) is 4.19. The number of rotatable bonds is 5. The summed E-state index contributed by atoms with van der Waals surface area (Å²) in [7, 11) is 0. The quantitative estimate of drug-likeness (QED) is 0.814. The zero-order valence-electron chi connectivity index (χ0n) is 15.6. The number of benzene rings is 1. The third-order valence-electron chi connectivity index (χ3n) is 4.76. The van der Waals surface area contributed by atoms with Crippen molar-refractivity contribution in [2.45, 2.75) is 39.2 Å². The van der Waals surface area contributed by atoms with Gasteiger partial charge in [-0.25, -0.2) is 4.98 Å². The van der Waals surface area contributed by atoms with Crippen molar-refractivity contribution in [3.8, 4) is 0 Å². The number of halogens is 1. The topological polar surface area (TPSA) is 62.3 Å². The van der Waals surface area contributed by atoms with Crippen LogP contribution in [0.1, 0.15) is 53.7 Å². The van der Waals surface area contributed by atoms with Gasteiger partial charge in [-0.05, 0) is 37.1 Å². The van der Waals surface area contributed by atoms with Gasteiger partial charge in [0.05, 0.1) is 17.2 Å². The van der Waals surface area contributed by atoms with Crippen molar-refractivity contribution in [1.29, 1.82) is 0 Å². The lowest BCUT2D eigenvalue weighted by atomic mass is 9.97. The summed E-state index contributed by atoms with van der Waals surface area (Å²) in [5, 5.41) is 6.65. The van der Waals surface area contributed by atoms with Gasteiger partial charge in [0.2, 0.25) is 5.91 Å². The summed E-state index contributed by atoms with van der Waals surface area (Å²) in [4.78, 5) is 30.9. The van der Waals surface area contributed by atoms with E-state index in [2.05, 4.69) is 10.3 Å². The number of carbonyl (C=O) groups excluding carboxylic acids is 2. The lowest BCUT2D eigenvalue weighted by Crippen LogP contribution is -2.37. The molecule has 0 aliphatic carbocycles. The average Bonchev–Trinajstić information content (AvgIpc) is 3.15. The molecule has 0 atom stereocenters. The Morgan fingerprint density at radius 2 is 1.93 bits per heavy atom. The second-order valence-corrected chi connectivity index (χ2v) is 8.45. The van der Waals surface area contributed by atoms with Gasteiger partial charge in [-0.1, -0.05) is 25.4 Å². The molecule has 1 aromatic carbocycles. The molecule has 1 fully saturated rings. The van der Waals surface area contributed by atoms with Crippen LogP contribution in [0.3, 0.4) is 0 Å². The normalized spacial score (nSPS) is 15.2. The van der Waals surface area contributed by atoms with Gasteiger partial charge in [-0.3, -0.25) is 9.59 Å². The molecule has 1 N–H and O–H groups in total. The van der Waals surface area contributed by atoms with E-state index < -0.39 is 0 Å². The van der Waals surface area contributed by atoms with Crippen LogP contribution in [0.4, 0.5) is 0 Å². The van der Waals surface area contributed by atoms with E-state index in [1.54, 1.807) is 35.6 Å². The maximum Gasteiger partial charge on any atom is 0.253 e. The second-order valence-electron chi connectivity index (χ2n) is 7.12. The smallest absolute Gasteiger partial charge is 0.253 e. The van der Waals surface area contributed by atoms with E-state index in [-0.39, 0.29) is 17.7 Å². The Morgan fingerprint density at radius 3 is 2.56 bits per heavy atom. The third kappa shape index (κ3) is 5.08. The van der Waals surface area contributed by atoms with Crippen LogP contribution in [-0.2, 0) is 11.3 Å². The van der Waals surface area contributed by atoms with Gasteiger partial charge in [0.15, 0.2) is 0 Å². The largest absolute Gasteiger partial charge is 0.350 e. The first kappa shape index (κ1) is 19.8. The predicted molar refractivity (Wildman–Crippen MR) is 108 cm³/mol. The maximum atomic E-state index is 12.6. The molecule has 2 amide bonds. The summed E-state index contributed by atoms with van der Waals surface area (Å²) < 4.78 is 0. The van der Waals surface area contributed by atoms with Gasteiger partial charge in [0.1, 0.15) is 0 Å². The van der Waals surface area contributed by atoms with Crippen LogP contribution in [0.2, 0.25) is 5.02 Å². The lowest BCUT2D eigenvalue weighted by Gasteiger charge is -2.31. The molecule has 0 spiro atoms. The van der Waals surface area contributed by atoms with Crippen molar-refractivity contribution in [2.24, 2.45) is 5.92 Å². The van der Waals surface area contributed by atoms with E-state index in [1.807, 2.05) is 24.1 Å². The van der Waals surface area contributed by atoms with E-state index in [0.717, 1.165) is 36.6 Å². The van der Waals surface area contributed by atoms with E-state index >= 15 is 0 Å². The lowest BCUT2D eigenvalue weighted by molar-refractivity contribution is -0.124. The molecule has 1 aromatic heterocycles. The zero-order chi connectivity index (χ0) is 19.4. The number of nitrogens with one attached hydrogen (secondary N) is 1. The average molecular weight is 406 g/mol. The Hall–Kier alpha value is -1.92. The Bertz CT molecular complexity index is 796. The minimum atomic E-state index is -0.0226. The summed E-state index contributed by atoms with van der Waals surface area (Å²) in [6.45, 7) is 5.68. The van der Waals surface area contributed by atoms with Crippen LogP contribution >= 0.6 is 22.9 Å². The molecule has 1 saturated heterocycles. The van der Waals surface area contributed by atoms with Gasteiger partial charge in [0, 0.05) is 40.9 Å². The Morgan fingerprint density at radius 1 is 1.26 bits per heavy atom. The van der Waals surface area contributed by atoms with Crippen LogP contribution < -0.4 is 5.32 Å². The van der Waals surface area contributed by atoms with Crippen LogP contribution in [0, 0.1) is 5.92 Å². The summed E-state index contributed by atoms with van der Waals surface area (Å²) in [5.74, 6) is 0.448. The van der Waals surface area contributed by atoms with E-state index in [9.17, 15) is 9.59 Å². The third-order valence-corrected chi connectivity index (χ3v) is 6.07. The first-order valence-electron chi connectivity index (χ1n) is 9.21. The predicted octanol–water partition coefficient (Wildman–Crippen LogP) is 4.09. The van der Waals surface area contributed by atoms with E-state index in [0.29, 0.717) is 23.0 Å². The molecular formula is C20H24ClN3O2S. The number of nitrogens with zero attached hydrogens (tertiary/aromatic N) is 2. The number of aromatic nitrogens is 1. The Labute approximate surface area is 168 Å². The molecule has 5 nitrogen and oxygen atoms in total. The van der Waals surface area contributed by atoms with Gasteiger partial charge >= 0.3 is 0 Å². The molecule has 2 heterocycles. The molecule has 1 aliphatic rings. The number of amides is 2. The zero-order valence-corrected chi connectivity index (χ0v) is 17.1. The molecule has 0 bridgehead atoms. The minimum Gasteiger partial charge on any atom is -0.350 e. The van der Waals surface area contributed by atoms with Crippen LogP contribution in [-0.4, -0.2) is 34.8 Å². The van der Waals surface area contributed by atoms with Crippen molar-refractivity contribution >= 4 is 34.8 Å². The number of likely N-dealkylation sites (tertiary alicyclic amines) is 1. The van der Waals surface area contributed by atoms with Crippen molar-refractivity contribution < 1.29 is 9.59 Å². The Kier molecular flexibility index (Phi) is 6.50. The second kappa shape index (κ2) is 8.85. The molecule has 0 saturated carbocycles. The van der Waals surface area contributed by atoms with Crippen LogP contribution in [0.25, 0.3) is 0 Å². The fourth-order valence-electron chi connectivity index (χ4n) is 3.08. The van der Waals surface area contributed by atoms with Crippen molar-refractivity contribution in [3.05, 3.63) is 50.9 Å². The van der Waals surface area contributed by atoms with E-state index in [4.69, 9.17) is 11.6 Å². The van der Waals surface area contributed by atoms with Gasteiger partial charge in [0.25, 0.3) is 5.91 Å². The highest BCUT2D eigenvalue weighted by molar-refractivity contribution is 7.09. The first-order valence-corrected chi connectivity index (χ1v) is 10.5. The molecule has 2 aromatic rings. The number of piperidine rings is 1. The number of hydrogen-bond acceptors (Lipinski definition) is 4. The van der Waals surface area contributed by atoms with Crippen molar-refractivity contribution in [2.75, 3.05) is 13.1 Å². The molecule has 27 heavy (non-hydrogen) atoms. The van der Waals surface area contributed by atoms with E-state index in [1.165, 1.54) is 0 Å². The first-order chi connectivity index (χ1) is 12.9. The number of hydrogen-bond donors (Lipinski definition) is 1. The molecule has 3 rings (SSSR count). The SMILES string of the molecule is CC(C)C(=O)NCc1csc(C2CCN(C(=O)c3ccc(Cl)cc3)CC2)n1. The summed E-state index contributed by atoms with van der Waals surface area (Å²) in [6, 6.07) is 7.04. The summed E-state index contributed by atoms with van der Waals surface area (Å²) >= 11 is 7.54. The molecule has 0 unspecified atom stereocenters. The molecule has 7 heteroatoms. The highest BCUT2D eigenvalue weighted by Crippen LogP contribution is 2.31. The van der Waals surface area contributed by atoms with Crippen molar-refractivity contribution in [3.63, 3.8) is 0 Å². The summed E-state index contributed by atoms with van der Waals surface area (Å²) in [5.41, 5.74) is 1.58. The minimum absolute atomic E-state index is 0.0226. The molecule has 144 valence electrons. The van der Waals surface area contributed by atoms with Crippen LogP contribution in [0.15, 0.2) is 29.6 Å². The van der Waals surface area contributed by atoms with Crippen molar-refractivity contribution in [1.82, 2.24) is 15.2 Å². The highest BCUT2D eigenvalue weighted by Gasteiger charge is 2.26. The van der Waals surface area contributed by atoms with Crippen LogP contribution in [0.5, 0.6) is 0 Å². The standard InChI is InChI=1S/C20H24ClN3O2S/c1-13(2)18(25)22-11-17-12-27-19(23-17)14-7-9-24(10-8-14)20(26)15-3-5-16(21)6-4-15/h3-6,12-14H,7-11H2,1-2H3,(H,22,25). The Balaban J connectivity index is 1.52. The molecule has 0 radical (unpaired) electrons. The monoisotopic (exact) mass is 405 g/mol. The van der Waals surface area contributed by atoms with Gasteiger partial charge < -0.3 is 10.2 Å². The van der Waals surface area contributed by atoms with Gasteiger partial charge in [-0.15, -0.1) is 11.3 Å². The highest BCUT2D eigenvalue weighted by atomic mass is 35.5. The molecule has 1 aliphatic heterocycles. The summed E-state index contributed by atoms with van der Waals surface area (Å²) in [6.07, 6.45) is 1.81.